The lowest BCUT2D eigenvalue weighted by atomic mass is 9.73. The van der Waals surface area contributed by atoms with Crippen LogP contribution in [0.25, 0.3) is 0 Å². The molecule has 1 aromatic heterocycles. The molecule has 1 saturated carbocycles. The van der Waals surface area contributed by atoms with Gasteiger partial charge in [-0.3, -0.25) is 9.59 Å². The molecule has 1 aliphatic carbocycles. The summed E-state index contributed by atoms with van der Waals surface area (Å²) in [7, 11) is 0. The molecule has 26 heavy (non-hydrogen) atoms. The number of rotatable bonds is 5. The standard InChI is InChI=1S/C20H26N2O3S/c23-18(8-13-5-7-26-11-13)22-10-16-15(9-21-19(24)14-2-1-3-14)17-4-6-20(16,12-22)25-17/h5,7,11,14-17H,1-4,6,8-10,12H2,(H,21,24)/t15-,16+,17+,20+/m0/s1. The largest absolute Gasteiger partial charge is 0.369 e. The molecule has 2 amide bonds. The van der Waals surface area contributed by atoms with E-state index in [1.165, 1.54) is 6.42 Å². The zero-order valence-corrected chi connectivity index (χ0v) is 15.8. The maximum Gasteiger partial charge on any atom is 0.227 e. The second kappa shape index (κ2) is 6.34. The minimum atomic E-state index is -0.152. The molecule has 0 radical (unpaired) electrons. The van der Waals surface area contributed by atoms with E-state index >= 15 is 0 Å². The second-order valence-corrected chi connectivity index (χ2v) is 9.27. The van der Waals surface area contributed by atoms with E-state index < -0.39 is 0 Å². The van der Waals surface area contributed by atoms with Gasteiger partial charge in [0.15, 0.2) is 0 Å². The van der Waals surface area contributed by atoms with Crippen molar-refractivity contribution >= 4 is 23.2 Å². The molecular formula is C20H26N2O3S. The average molecular weight is 375 g/mol. The highest BCUT2D eigenvalue weighted by molar-refractivity contribution is 7.08. The number of hydrogen-bond acceptors (Lipinski definition) is 4. The lowest BCUT2D eigenvalue weighted by Crippen LogP contribution is -2.44. The van der Waals surface area contributed by atoms with Crippen LogP contribution < -0.4 is 5.32 Å². The highest BCUT2D eigenvalue weighted by atomic mass is 32.1. The summed E-state index contributed by atoms with van der Waals surface area (Å²) in [5, 5.41) is 7.25. The maximum absolute atomic E-state index is 12.7. The zero-order valence-electron chi connectivity index (χ0n) is 15.0. The third-order valence-corrected chi connectivity index (χ3v) is 7.79. The van der Waals surface area contributed by atoms with E-state index in [4.69, 9.17) is 4.74 Å². The smallest absolute Gasteiger partial charge is 0.227 e. The predicted molar refractivity (Wildman–Crippen MR) is 98.8 cm³/mol. The van der Waals surface area contributed by atoms with Crippen molar-refractivity contribution in [2.45, 2.75) is 50.2 Å². The molecule has 6 heteroatoms. The Morgan fingerprint density at radius 2 is 2.23 bits per heavy atom. The van der Waals surface area contributed by atoms with Crippen LogP contribution in [0.5, 0.6) is 0 Å². The quantitative estimate of drug-likeness (QED) is 0.860. The van der Waals surface area contributed by atoms with Crippen molar-refractivity contribution in [2.24, 2.45) is 17.8 Å². The van der Waals surface area contributed by atoms with Crippen LogP contribution in [0.2, 0.25) is 0 Å². The molecule has 0 unspecified atom stereocenters. The molecule has 3 saturated heterocycles. The highest BCUT2D eigenvalue weighted by Gasteiger charge is 2.63. The summed E-state index contributed by atoms with van der Waals surface area (Å²) in [6, 6.07) is 2.03. The first-order chi connectivity index (χ1) is 12.6. The molecule has 140 valence electrons. The van der Waals surface area contributed by atoms with E-state index in [2.05, 4.69) is 5.32 Å². The van der Waals surface area contributed by atoms with Crippen molar-refractivity contribution in [3.05, 3.63) is 22.4 Å². The Morgan fingerprint density at radius 1 is 1.35 bits per heavy atom. The zero-order chi connectivity index (χ0) is 17.7. The molecule has 4 fully saturated rings. The number of likely N-dealkylation sites (tertiary alicyclic amines) is 1. The van der Waals surface area contributed by atoms with Crippen LogP contribution in [0.1, 0.15) is 37.7 Å². The fourth-order valence-corrected chi connectivity index (χ4v) is 6.04. The van der Waals surface area contributed by atoms with Crippen molar-refractivity contribution in [2.75, 3.05) is 19.6 Å². The number of nitrogens with one attached hydrogen (secondary N) is 1. The van der Waals surface area contributed by atoms with Gasteiger partial charge in [-0.25, -0.2) is 0 Å². The van der Waals surface area contributed by atoms with E-state index in [1.807, 2.05) is 21.7 Å². The molecule has 1 N–H and O–H groups in total. The fraction of sp³-hybridized carbons (Fsp3) is 0.700. The van der Waals surface area contributed by atoms with Gasteiger partial charge < -0.3 is 15.0 Å². The summed E-state index contributed by atoms with van der Waals surface area (Å²) >= 11 is 1.63. The average Bonchev–Trinajstić information content (AvgIpc) is 3.31. The normalized spacial score (nSPS) is 35.4. The number of hydrogen-bond donors (Lipinski definition) is 1. The number of thiophene rings is 1. The molecule has 3 aliphatic heterocycles. The summed E-state index contributed by atoms with van der Waals surface area (Å²) < 4.78 is 6.40. The Bertz CT molecular complexity index is 702. The van der Waals surface area contributed by atoms with E-state index in [0.717, 1.165) is 44.3 Å². The van der Waals surface area contributed by atoms with Crippen LogP contribution in [-0.4, -0.2) is 48.1 Å². The monoisotopic (exact) mass is 374 g/mol. The number of nitrogens with zero attached hydrogens (tertiary/aromatic N) is 1. The lowest BCUT2D eigenvalue weighted by molar-refractivity contribution is -0.131. The molecule has 1 spiro atoms. The van der Waals surface area contributed by atoms with Crippen molar-refractivity contribution in [3.63, 3.8) is 0 Å². The first-order valence-electron chi connectivity index (χ1n) is 9.89. The number of amides is 2. The van der Waals surface area contributed by atoms with Gasteiger partial charge in [-0.2, -0.15) is 11.3 Å². The van der Waals surface area contributed by atoms with E-state index in [0.29, 0.717) is 24.8 Å². The summed E-state index contributed by atoms with van der Waals surface area (Å²) in [5.74, 6) is 1.38. The minimum absolute atomic E-state index is 0.152. The molecule has 5 rings (SSSR count). The first-order valence-corrected chi connectivity index (χ1v) is 10.8. The molecule has 0 aromatic carbocycles. The number of carbonyl (C=O) groups is 2. The van der Waals surface area contributed by atoms with Crippen molar-refractivity contribution in [3.8, 4) is 0 Å². The van der Waals surface area contributed by atoms with Crippen LogP contribution in [0.15, 0.2) is 16.8 Å². The molecule has 5 nitrogen and oxygen atoms in total. The van der Waals surface area contributed by atoms with E-state index in [-0.39, 0.29) is 29.4 Å². The van der Waals surface area contributed by atoms with Gasteiger partial charge >= 0.3 is 0 Å². The Labute approximate surface area is 158 Å². The van der Waals surface area contributed by atoms with Gasteiger partial charge in [0.1, 0.15) is 0 Å². The van der Waals surface area contributed by atoms with E-state index in [1.54, 1.807) is 11.3 Å². The Balaban J connectivity index is 1.23. The fourth-order valence-electron chi connectivity index (χ4n) is 5.37. The Morgan fingerprint density at radius 3 is 2.96 bits per heavy atom. The van der Waals surface area contributed by atoms with Crippen molar-refractivity contribution in [1.82, 2.24) is 10.2 Å². The van der Waals surface area contributed by atoms with Crippen LogP contribution in [0.4, 0.5) is 0 Å². The van der Waals surface area contributed by atoms with Crippen molar-refractivity contribution < 1.29 is 14.3 Å². The third kappa shape index (κ3) is 2.69. The van der Waals surface area contributed by atoms with Gasteiger partial charge in [0.05, 0.1) is 24.7 Å². The second-order valence-electron chi connectivity index (χ2n) is 8.49. The third-order valence-electron chi connectivity index (χ3n) is 7.06. The minimum Gasteiger partial charge on any atom is -0.369 e. The predicted octanol–water partition coefficient (Wildman–Crippen LogP) is 2.21. The Hall–Kier alpha value is -1.40. The summed E-state index contributed by atoms with van der Waals surface area (Å²) in [6.07, 6.45) is 6.11. The molecule has 2 bridgehead atoms. The topological polar surface area (TPSA) is 58.6 Å². The van der Waals surface area contributed by atoms with Gasteiger partial charge in [0.25, 0.3) is 0 Å². The number of ether oxygens (including phenoxy) is 1. The van der Waals surface area contributed by atoms with Gasteiger partial charge in [-0.05, 0) is 48.1 Å². The van der Waals surface area contributed by atoms with Gasteiger partial charge in [-0.15, -0.1) is 0 Å². The van der Waals surface area contributed by atoms with Gasteiger partial charge in [0.2, 0.25) is 11.8 Å². The van der Waals surface area contributed by atoms with Crippen molar-refractivity contribution in [1.29, 1.82) is 0 Å². The summed E-state index contributed by atoms with van der Waals surface area (Å²) in [4.78, 5) is 26.9. The summed E-state index contributed by atoms with van der Waals surface area (Å²) in [6.45, 7) is 2.21. The molecular weight excluding hydrogens is 348 g/mol. The van der Waals surface area contributed by atoms with Crippen LogP contribution in [0.3, 0.4) is 0 Å². The van der Waals surface area contributed by atoms with Crippen LogP contribution in [0, 0.1) is 17.8 Å². The van der Waals surface area contributed by atoms with Gasteiger partial charge in [-0.1, -0.05) is 6.42 Å². The molecule has 4 atom stereocenters. The molecule has 1 aromatic rings. The first kappa shape index (κ1) is 16.8. The maximum atomic E-state index is 12.7. The SMILES string of the molecule is O=C(NC[C@H]1[C@H]2CN(C(=O)Cc3ccsc3)C[C@]23CC[C@H]1O3)C1CCC1. The summed E-state index contributed by atoms with van der Waals surface area (Å²) in [5.41, 5.74) is 0.949. The molecule has 4 aliphatic rings. The molecule has 4 heterocycles. The van der Waals surface area contributed by atoms with E-state index in [9.17, 15) is 9.59 Å². The highest BCUT2D eigenvalue weighted by Crippen LogP contribution is 2.54. The van der Waals surface area contributed by atoms with Gasteiger partial charge in [0, 0.05) is 30.8 Å². The van der Waals surface area contributed by atoms with Crippen LogP contribution >= 0.6 is 11.3 Å². The lowest BCUT2D eigenvalue weighted by Gasteiger charge is -2.30. The number of fused-ring (bicyclic) bond motifs is 1. The Kier molecular flexibility index (Phi) is 4.09. The number of carbonyl (C=O) groups excluding carboxylic acids is 2. The van der Waals surface area contributed by atoms with Crippen LogP contribution in [-0.2, 0) is 20.7 Å².